The second-order valence-corrected chi connectivity index (χ2v) is 9.83. The maximum Gasteiger partial charge on any atom is 0.321 e. The van der Waals surface area contributed by atoms with Crippen LogP contribution in [0.25, 0.3) is 15.8 Å². The minimum absolute atomic E-state index is 0.101. The molecule has 6 nitrogen and oxygen atoms in total. The molecule has 1 unspecified atom stereocenters. The number of fused-ring (bicyclic) bond motifs is 1. The number of aromatic nitrogens is 1. The van der Waals surface area contributed by atoms with Crippen molar-refractivity contribution in [3.8, 4) is 0 Å². The number of thiazole rings is 1. The van der Waals surface area contributed by atoms with Gasteiger partial charge in [0.15, 0.2) is 0 Å². The van der Waals surface area contributed by atoms with Crippen molar-refractivity contribution in [1.82, 2.24) is 14.8 Å². The van der Waals surface area contributed by atoms with E-state index in [2.05, 4.69) is 53.5 Å². The minimum atomic E-state index is -0.101. The van der Waals surface area contributed by atoms with E-state index in [1.807, 2.05) is 44.3 Å². The number of nitrogens with zero attached hydrogens (tertiary/aromatic N) is 4. The maximum atomic E-state index is 12.7. The van der Waals surface area contributed by atoms with Crippen molar-refractivity contribution in [2.45, 2.75) is 25.8 Å². The van der Waals surface area contributed by atoms with Gasteiger partial charge in [-0.25, -0.2) is 9.78 Å². The van der Waals surface area contributed by atoms with Gasteiger partial charge in [0, 0.05) is 44.1 Å². The lowest BCUT2D eigenvalue weighted by molar-refractivity contribution is 0.223. The largest absolute Gasteiger partial charge is 0.370 e. The van der Waals surface area contributed by atoms with Crippen LogP contribution >= 0.6 is 11.3 Å². The molecule has 2 aromatic carbocycles. The third-order valence-corrected chi connectivity index (χ3v) is 7.47. The molecule has 3 aromatic rings. The van der Waals surface area contributed by atoms with Gasteiger partial charge in [0.25, 0.3) is 0 Å². The smallest absolute Gasteiger partial charge is 0.321 e. The lowest BCUT2D eigenvalue weighted by Crippen LogP contribution is -2.32. The lowest BCUT2D eigenvalue weighted by Gasteiger charge is -2.22. The molecule has 174 valence electrons. The molecule has 1 aliphatic rings. The zero-order valence-electron chi connectivity index (χ0n) is 19.9. The Balaban J connectivity index is 1.30. The molecular weight excluding hydrogens is 430 g/mol. The highest BCUT2D eigenvalue weighted by atomic mass is 32.1. The number of hydrogen-bond acceptors (Lipinski definition) is 5. The van der Waals surface area contributed by atoms with Crippen LogP contribution in [-0.4, -0.2) is 67.6 Å². The quantitative estimate of drug-likeness (QED) is 0.510. The number of anilines is 2. The molecule has 1 aromatic heterocycles. The Morgan fingerprint density at radius 1 is 1.18 bits per heavy atom. The molecule has 1 fully saturated rings. The SMILES string of the molecule is C/C=C(\CCN(C)C(=O)Nc1ccc(N2CCC(N(C)C)C2)cc1)c1nc2ccccc2s1. The van der Waals surface area contributed by atoms with Crippen molar-refractivity contribution in [3.63, 3.8) is 0 Å². The highest BCUT2D eigenvalue weighted by Gasteiger charge is 2.24. The molecule has 1 atom stereocenters. The van der Waals surface area contributed by atoms with E-state index in [0.717, 1.165) is 35.7 Å². The molecule has 0 radical (unpaired) electrons. The number of hydrogen-bond donors (Lipinski definition) is 1. The molecule has 2 heterocycles. The third-order valence-electron chi connectivity index (χ3n) is 6.36. The van der Waals surface area contributed by atoms with Gasteiger partial charge >= 0.3 is 6.03 Å². The zero-order valence-corrected chi connectivity index (χ0v) is 20.7. The van der Waals surface area contributed by atoms with Crippen LogP contribution in [0.15, 0.2) is 54.6 Å². The third kappa shape index (κ3) is 5.54. The van der Waals surface area contributed by atoms with Crippen molar-refractivity contribution in [2.75, 3.05) is 51.0 Å². The first-order valence-corrected chi connectivity index (χ1v) is 12.3. The Bertz CT molecular complexity index is 1090. The summed E-state index contributed by atoms with van der Waals surface area (Å²) in [7, 11) is 6.12. The van der Waals surface area contributed by atoms with E-state index in [4.69, 9.17) is 4.98 Å². The molecule has 0 saturated carbocycles. The zero-order chi connectivity index (χ0) is 23.4. The molecule has 0 aliphatic carbocycles. The van der Waals surface area contributed by atoms with Crippen molar-refractivity contribution in [2.24, 2.45) is 0 Å². The average Bonchev–Trinajstić information content (AvgIpc) is 3.47. The summed E-state index contributed by atoms with van der Waals surface area (Å²) in [6, 6.07) is 16.9. The Kier molecular flexibility index (Phi) is 7.30. The Hall–Kier alpha value is -2.90. The van der Waals surface area contributed by atoms with Crippen molar-refractivity contribution in [3.05, 3.63) is 59.6 Å². The number of urea groups is 1. The monoisotopic (exact) mass is 463 g/mol. The van der Waals surface area contributed by atoms with Gasteiger partial charge in [-0.2, -0.15) is 0 Å². The predicted molar refractivity (Wildman–Crippen MR) is 140 cm³/mol. The van der Waals surface area contributed by atoms with Gasteiger partial charge in [-0.05, 0) is 75.8 Å². The standard InChI is InChI=1S/C26H33N5OS/c1-5-19(25-28-23-8-6-7-9-24(23)33-25)14-16-30(4)26(32)27-20-10-12-21(13-11-20)31-17-15-22(18-31)29(2)3/h5-13,22H,14-18H2,1-4H3,(H,27,32)/b19-5+. The fraction of sp³-hybridized carbons (Fsp3) is 0.385. The van der Waals surface area contributed by atoms with Crippen LogP contribution < -0.4 is 10.2 Å². The van der Waals surface area contributed by atoms with Crippen LogP contribution in [0.3, 0.4) is 0 Å². The molecule has 2 amide bonds. The summed E-state index contributed by atoms with van der Waals surface area (Å²) in [5.41, 5.74) is 4.22. The second kappa shape index (κ2) is 10.4. The Morgan fingerprint density at radius 2 is 1.94 bits per heavy atom. The number of amides is 2. The topological polar surface area (TPSA) is 51.7 Å². The molecule has 4 rings (SSSR count). The number of carbonyl (C=O) groups is 1. The average molecular weight is 464 g/mol. The van der Waals surface area contributed by atoms with Crippen LogP contribution in [0.5, 0.6) is 0 Å². The molecule has 0 bridgehead atoms. The van der Waals surface area contributed by atoms with E-state index in [-0.39, 0.29) is 6.03 Å². The summed E-state index contributed by atoms with van der Waals surface area (Å²) < 4.78 is 1.19. The molecule has 1 aliphatic heterocycles. The molecule has 7 heteroatoms. The van der Waals surface area contributed by atoms with Gasteiger partial charge in [-0.3, -0.25) is 0 Å². The van der Waals surface area contributed by atoms with E-state index in [9.17, 15) is 4.79 Å². The number of carbonyl (C=O) groups excluding carboxylic acids is 1. The van der Waals surface area contributed by atoms with Crippen LogP contribution in [0, 0.1) is 0 Å². The van der Waals surface area contributed by atoms with Crippen LogP contribution in [-0.2, 0) is 0 Å². The number of rotatable bonds is 7. The number of benzene rings is 2. The van der Waals surface area contributed by atoms with Crippen LogP contribution in [0.4, 0.5) is 16.2 Å². The normalized spacial score (nSPS) is 16.6. The van der Waals surface area contributed by atoms with Crippen LogP contribution in [0.2, 0.25) is 0 Å². The van der Waals surface area contributed by atoms with E-state index in [1.54, 1.807) is 16.2 Å². The summed E-state index contributed by atoms with van der Waals surface area (Å²) in [5.74, 6) is 0. The summed E-state index contributed by atoms with van der Waals surface area (Å²) >= 11 is 1.70. The van der Waals surface area contributed by atoms with Gasteiger partial charge in [0.1, 0.15) is 5.01 Å². The number of likely N-dealkylation sites (N-methyl/N-ethyl adjacent to an activating group) is 1. The fourth-order valence-electron chi connectivity index (χ4n) is 4.15. The van der Waals surface area contributed by atoms with Gasteiger partial charge in [-0.15, -0.1) is 11.3 Å². The van der Waals surface area contributed by atoms with E-state index in [0.29, 0.717) is 12.6 Å². The molecule has 1 N–H and O–H groups in total. The van der Waals surface area contributed by atoms with Gasteiger partial charge in [0.05, 0.1) is 10.2 Å². The van der Waals surface area contributed by atoms with E-state index >= 15 is 0 Å². The first-order valence-electron chi connectivity index (χ1n) is 11.5. The minimum Gasteiger partial charge on any atom is -0.370 e. The van der Waals surface area contributed by atoms with Crippen molar-refractivity contribution >= 4 is 44.5 Å². The molecule has 33 heavy (non-hydrogen) atoms. The van der Waals surface area contributed by atoms with E-state index in [1.165, 1.54) is 22.4 Å². The van der Waals surface area contributed by atoms with Crippen LogP contribution in [0.1, 0.15) is 24.8 Å². The van der Waals surface area contributed by atoms with Crippen molar-refractivity contribution < 1.29 is 4.79 Å². The summed E-state index contributed by atoms with van der Waals surface area (Å²) in [4.78, 5) is 23.9. The van der Waals surface area contributed by atoms with Crippen molar-refractivity contribution in [1.29, 1.82) is 0 Å². The Labute approximate surface area is 200 Å². The number of para-hydroxylation sites is 1. The first kappa shape index (κ1) is 23.3. The van der Waals surface area contributed by atoms with E-state index < -0.39 is 0 Å². The fourth-order valence-corrected chi connectivity index (χ4v) is 5.21. The molecule has 1 saturated heterocycles. The Morgan fingerprint density at radius 3 is 2.61 bits per heavy atom. The maximum absolute atomic E-state index is 12.7. The lowest BCUT2D eigenvalue weighted by atomic mass is 10.2. The number of allylic oxidation sites excluding steroid dienone is 1. The molecule has 0 spiro atoms. The highest BCUT2D eigenvalue weighted by molar-refractivity contribution is 7.19. The predicted octanol–water partition coefficient (Wildman–Crippen LogP) is 5.39. The summed E-state index contributed by atoms with van der Waals surface area (Å²) in [6.45, 7) is 4.77. The highest BCUT2D eigenvalue weighted by Crippen LogP contribution is 2.29. The van der Waals surface area contributed by atoms with Gasteiger partial charge in [-0.1, -0.05) is 18.2 Å². The second-order valence-electron chi connectivity index (χ2n) is 8.80. The summed E-state index contributed by atoms with van der Waals surface area (Å²) in [5, 5.41) is 4.05. The molecular formula is C26H33N5OS. The van der Waals surface area contributed by atoms with Gasteiger partial charge in [0.2, 0.25) is 0 Å². The first-order chi connectivity index (χ1) is 15.9. The van der Waals surface area contributed by atoms with Gasteiger partial charge < -0.3 is 20.0 Å². The number of nitrogens with one attached hydrogen (secondary N) is 1. The summed E-state index contributed by atoms with van der Waals surface area (Å²) in [6.07, 6.45) is 4.05.